The van der Waals surface area contributed by atoms with Crippen molar-refractivity contribution in [3.63, 3.8) is 0 Å². The van der Waals surface area contributed by atoms with E-state index in [1.807, 2.05) is 43.3 Å². The van der Waals surface area contributed by atoms with E-state index in [1.54, 1.807) is 26.0 Å². The van der Waals surface area contributed by atoms with Gasteiger partial charge in [-0.25, -0.2) is 0 Å². The SMILES string of the molecule is CCc1ccc(C(=O)C[C@@]2(C)C(=O)O[C@@H](c3ccc(Br)cc3)C(C)(C)C2=O)cc1. The first-order valence-corrected chi connectivity index (χ1v) is 10.5. The smallest absolute Gasteiger partial charge is 0.320 e. The molecular formula is C24H25BrO4. The van der Waals surface area contributed by atoms with E-state index in [2.05, 4.69) is 15.9 Å². The summed E-state index contributed by atoms with van der Waals surface area (Å²) in [6.07, 6.45) is -0.0162. The average Bonchev–Trinajstić information content (AvgIpc) is 2.70. The molecule has 0 saturated carbocycles. The van der Waals surface area contributed by atoms with Crippen molar-refractivity contribution in [3.8, 4) is 0 Å². The topological polar surface area (TPSA) is 60.4 Å². The molecule has 2 atom stereocenters. The van der Waals surface area contributed by atoms with Crippen LogP contribution in [0.1, 0.15) is 61.7 Å². The number of halogens is 1. The monoisotopic (exact) mass is 456 g/mol. The number of rotatable bonds is 5. The molecule has 1 fully saturated rings. The van der Waals surface area contributed by atoms with Crippen LogP contribution in [-0.2, 0) is 20.7 Å². The fourth-order valence-electron chi connectivity index (χ4n) is 3.93. The van der Waals surface area contributed by atoms with Crippen molar-refractivity contribution in [2.45, 2.75) is 46.6 Å². The molecule has 1 heterocycles. The van der Waals surface area contributed by atoms with E-state index in [1.165, 1.54) is 6.92 Å². The molecule has 2 aromatic carbocycles. The van der Waals surface area contributed by atoms with Crippen molar-refractivity contribution >= 4 is 33.5 Å². The van der Waals surface area contributed by atoms with Crippen LogP contribution in [0, 0.1) is 10.8 Å². The van der Waals surface area contributed by atoms with Gasteiger partial charge in [0.2, 0.25) is 0 Å². The minimum atomic E-state index is -1.50. The van der Waals surface area contributed by atoms with Crippen LogP contribution in [0.5, 0.6) is 0 Å². The van der Waals surface area contributed by atoms with Gasteiger partial charge in [-0.15, -0.1) is 0 Å². The molecule has 5 heteroatoms. The minimum absolute atomic E-state index is 0.202. The highest BCUT2D eigenvalue weighted by molar-refractivity contribution is 9.10. The fraction of sp³-hybridized carbons (Fsp3) is 0.375. The summed E-state index contributed by atoms with van der Waals surface area (Å²) in [5, 5.41) is 0. The molecule has 1 saturated heterocycles. The van der Waals surface area contributed by atoms with E-state index in [9.17, 15) is 14.4 Å². The first kappa shape index (κ1) is 21.4. The van der Waals surface area contributed by atoms with Gasteiger partial charge in [-0.05, 0) is 50.5 Å². The van der Waals surface area contributed by atoms with Crippen molar-refractivity contribution in [3.05, 3.63) is 69.7 Å². The van der Waals surface area contributed by atoms with E-state index in [0.717, 1.165) is 22.0 Å². The van der Waals surface area contributed by atoms with Crippen molar-refractivity contribution in [2.24, 2.45) is 10.8 Å². The Labute approximate surface area is 179 Å². The molecular weight excluding hydrogens is 432 g/mol. The Morgan fingerprint density at radius 3 is 2.14 bits per heavy atom. The van der Waals surface area contributed by atoms with Gasteiger partial charge in [0, 0.05) is 16.5 Å². The summed E-state index contributed by atoms with van der Waals surface area (Å²) in [6, 6.07) is 14.6. The zero-order valence-electron chi connectivity index (χ0n) is 17.1. The molecule has 0 bridgehead atoms. The second-order valence-corrected chi connectivity index (χ2v) is 9.29. The molecule has 2 aromatic rings. The molecule has 1 aliphatic rings. The molecule has 0 amide bonds. The lowest BCUT2D eigenvalue weighted by atomic mass is 9.64. The minimum Gasteiger partial charge on any atom is -0.456 e. The van der Waals surface area contributed by atoms with Gasteiger partial charge in [0.15, 0.2) is 11.6 Å². The normalized spacial score (nSPS) is 23.6. The van der Waals surface area contributed by atoms with Gasteiger partial charge < -0.3 is 4.74 Å². The number of aryl methyl sites for hydroxylation is 1. The lowest BCUT2D eigenvalue weighted by Gasteiger charge is -2.44. The van der Waals surface area contributed by atoms with E-state index >= 15 is 0 Å². The van der Waals surface area contributed by atoms with Crippen LogP contribution in [0.4, 0.5) is 0 Å². The number of Topliss-reactive ketones (excluding diaryl/α,β-unsaturated/α-hetero) is 2. The van der Waals surface area contributed by atoms with Gasteiger partial charge in [-0.2, -0.15) is 0 Å². The third kappa shape index (κ3) is 3.93. The average molecular weight is 457 g/mol. The quantitative estimate of drug-likeness (QED) is 0.339. The molecule has 0 aromatic heterocycles. The first-order chi connectivity index (χ1) is 13.6. The molecule has 152 valence electrons. The van der Waals surface area contributed by atoms with Gasteiger partial charge in [-0.3, -0.25) is 14.4 Å². The molecule has 3 rings (SSSR count). The second-order valence-electron chi connectivity index (χ2n) is 8.37. The maximum Gasteiger partial charge on any atom is 0.320 e. The Morgan fingerprint density at radius 2 is 1.59 bits per heavy atom. The lowest BCUT2D eigenvalue weighted by molar-refractivity contribution is -0.187. The van der Waals surface area contributed by atoms with Crippen LogP contribution in [0.2, 0.25) is 0 Å². The number of carbonyl (C=O) groups is 3. The van der Waals surface area contributed by atoms with Crippen LogP contribution in [0.15, 0.2) is 53.0 Å². The first-order valence-electron chi connectivity index (χ1n) is 9.73. The standard InChI is InChI=1S/C24H25BrO4/c1-5-15-6-8-16(9-7-15)19(26)14-24(4)21(27)23(2,3)20(29-22(24)28)17-10-12-18(25)13-11-17/h6-13,20H,5,14H2,1-4H3/t20-,24+/m0/s1. The van der Waals surface area contributed by atoms with Crippen molar-refractivity contribution in [1.29, 1.82) is 0 Å². The predicted octanol–water partition coefficient (Wildman–Crippen LogP) is 5.48. The summed E-state index contributed by atoms with van der Waals surface area (Å²) in [5.74, 6) is -1.15. The third-order valence-electron chi connectivity index (χ3n) is 5.79. The molecule has 0 spiro atoms. The van der Waals surface area contributed by atoms with E-state index in [4.69, 9.17) is 4.74 Å². The number of cyclic esters (lactones) is 1. The summed E-state index contributed by atoms with van der Waals surface area (Å²) >= 11 is 3.39. The highest BCUT2D eigenvalue weighted by atomic mass is 79.9. The largest absolute Gasteiger partial charge is 0.456 e. The second kappa shape index (κ2) is 7.86. The van der Waals surface area contributed by atoms with Gasteiger partial charge in [0.1, 0.15) is 11.5 Å². The van der Waals surface area contributed by atoms with Gasteiger partial charge >= 0.3 is 5.97 Å². The number of carbonyl (C=O) groups excluding carboxylic acids is 3. The number of benzene rings is 2. The van der Waals surface area contributed by atoms with Crippen LogP contribution >= 0.6 is 15.9 Å². The molecule has 0 aliphatic carbocycles. The Bertz CT molecular complexity index is 944. The van der Waals surface area contributed by atoms with E-state index in [-0.39, 0.29) is 18.0 Å². The van der Waals surface area contributed by atoms with Gasteiger partial charge in [0.25, 0.3) is 0 Å². The molecule has 0 N–H and O–H groups in total. The highest BCUT2D eigenvalue weighted by Crippen LogP contribution is 2.49. The fourth-order valence-corrected chi connectivity index (χ4v) is 4.20. The predicted molar refractivity (Wildman–Crippen MR) is 115 cm³/mol. The van der Waals surface area contributed by atoms with Crippen molar-refractivity contribution in [1.82, 2.24) is 0 Å². The lowest BCUT2D eigenvalue weighted by Crippen LogP contribution is -2.54. The maximum atomic E-state index is 13.4. The summed E-state index contributed by atoms with van der Waals surface area (Å²) in [7, 11) is 0. The summed E-state index contributed by atoms with van der Waals surface area (Å²) in [5.41, 5.74) is -0.0849. The third-order valence-corrected chi connectivity index (χ3v) is 6.32. The zero-order valence-corrected chi connectivity index (χ0v) is 18.7. The Kier molecular flexibility index (Phi) is 5.81. The molecule has 0 radical (unpaired) electrons. The summed E-state index contributed by atoms with van der Waals surface area (Å²) in [4.78, 5) is 39.2. The number of esters is 1. The number of ketones is 2. The summed E-state index contributed by atoms with van der Waals surface area (Å²) < 4.78 is 6.66. The van der Waals surface area contributed by atoms with Crippen molar-refractivity contribution < 1.29 is 19.1 Å². The van der Waals surface area contributed by atoms with E-state index < -0.39 is 22.9 Å². The maximum absolute atomic E-state index is 13.4. The molecule has 4 nitrogen and oxygen atoms in total. The van der Waals surface area contributed by atoms with E-state index in [0.29, 0.717) is 5.56 Å². The van der Waals surface area contributed by atoms with Gasteiger partial charge in [0.05, 0.1) is 5.41 Å². The summed E-state index contributed by atoms with van der Waals surface area (Å²) in [6.45, 7) is 7.11. The highest BCUT2D eigenvalue weighted by Gasteiger charge is 2.58. The molecule has 29 heavy (non-hydrogen) atoms. The van der Waals surface area contributed by atoms with Crippen LogP contribution in [0.25, 0.3) is 0 Å². The van der Waals surface area contributed by atoms with Crippen molar-refractivity contribution in [2.75, 3.05) is 0 Å². The number of hydrogen-bond donors (Lipinski definition) is 0. The van der Waals surface area contributed by atoms with Crippen LogP contribution in [0.3, 0.4) is 0 Å². The van der Waals surface area contributed by atoms with Crippen LogP contribution < -0.4 is 0 Å². The number of hydrogen-bond acceptors (Lipinski definition) is 4. The van der Waals surface area contributed by atoms with Crippen LogP contribution in [-0.4, -0.2) is 17.5 Å². The Morgan fingerprint density at radius 1 is 1.00 bits per heavy atom. The Balaban J connectivity index is 1.88. The number of ether oxygens (including phenoxy) is 1. The zero-order chi connectivity index (χ0) is 21.4. The van der Waals surface area contributed by atoms with Gasteiger partial charge in [-0.1, -0.05) is 59.3 Å². The molecule has 1 aliphatic heterocycles. The molecule has 0 unspecified atom stereocenters. The Hall–Kier alpha value is -2.27.